The topological polar surface area (TPSA) is 113 Å². The van der Waals surface area contributed by atoms with Crippen molar-refractivity contribution in [3.8, 4) is 11.3 Å². The predicted octanol–water partition coefficient (Wildman–Crippen LogP) is 6.38. The number of hydrogen-bond acceptors (Lipinski definition) is 8. The summed E-state index contributed by atoms with van der Waals surface area (Å²) in [6.45, 7) is 10.6. The second kappa shape index (κ2) is 12.6. The van der Waals surface area contributed by atoms with E-state index < -0.39 is 5.60 Å². The molecule has 2 amide bonds. The number of carbonyl (C=O) groups excluding carboxylic acids is 2. The van der Waals surface area contributed by atoms with Gasteiger partial charge in [-0.3, -0.25) is 14.7 Å². The van der Waals surface area contributed by atoms with Gasteiger partial charge in [0.15, 0.2) is 0 Å². The number of pyridine rings is 1. The number of rotatable bonds is 6. The van der Waals surface area contributed by atoms with Crippen molar-refractivity contribution in [2.75, 3.05) is 36.8 Å². The number of ether oxygens (including phenoxy) is 1. The van der Waals surface area contributed by atoms with Crippen LogP contribution >= 0.6 is 0 Å². The second-order valence-electron chi connectivity index (χ2n) is 12.6. The summed E-state index contributed by atoms with van der Waals surface area (Å²) in [5.74, 6) is 0.305. The van der Waals surface area contributed by atoms with Gasteiger partial charge in [-0.25, -0.2) is 14.8 Å². The fraction of sp³-hybridized carbons (Fsp3) is 0.343. The van der Waals surface area contributed by atoms with Crippen LogP contribution in [0.4, 0.5) is 22.1 Å². The smallest absolute Gasteiger partial charge is 0.410 e. The van der Waals surface area contributed by atoms with Gasteiger partial charge in [-0.1, -0.05) is 12.1 Å². The molecule has 45 heavy (non-hydrogen) atoms. The minimum atomic E-state index is -0.496. The van der Waals surface area contributed by atoms with Gasteiger partial charge in [0, 0.05) is 73.3 Å². The van der Waals surface area contributed by atoms with Gasteiger partial charge in [0.05, 0.1) is 5.69 Å². The maximum atomic E-state index is 13.3. The first-order valence-corrected chi connectivity index (χ1v) is 15.4. The lowest BCUT2D eigenvalue weighted by Gasteiger charge is -2.38. The number of aromatic nitrogens is 3. The molecule has 2 aromatic carbocycles. The SMILES string of the molecule is Cc1ccc(NC(=O)c2ccc3c(c2)CCC3N2CCN(C(=O)OC(C)(C)C)CC2)cc1Nc1nccc(-c2cccnc2)n1. The Balaban J connectivity index is 1.09. The summed E-state index contributed by atoms with van der Waals surface area (Å²) < 4.78 is 5.55. The first kappa shape index (κ1) is 30.2. The van der Waals surface area contributed by atoms with Gasteiger partial charge >= 0.3 is 6.09 Å². The summed E-state index contributed by atoms with van der Waals surface area (Å²) >= 11 is 0. The molecule has 0 spiro atoms. The number of fused-ring (bicyclic) bond motifs is 1. The fourth-order valence-corrected chi connectivity index (χ4v) is 5.91. The van der Waals surface area contributed by atoms with Crippen molar-refractivity contribution in [1.29, 1.82) is 0 Å². The van der Waals surface area contributed by atoms with E-state index in [0.29, 0.717) is 36.3 Å². The molecule has 1 aliphatic heterocycles. The molecule has 232 valence electrons. The monoisotopic (exact) mass is 605 g/mol. The lowest BCUT2D eigenvalue weighted by Crippen LogP contribution is -2.50. The van der Waals surface area contributed by atoms with E-state index in [9.17, 15) is 9.59 Å². The largest absolute Gasteiger partial charge is 0.444 e. The third-order valence-electron chi connectivity index (χ3n) is 8.21. The molecule has 6 rings (SSSR count). The van der Waals surface area contributed by atoms with E-state index in [0.717, 1.165) is 48.4 Å². The molecule has 3 heterocycles. The number of nitrogens with one attached hydrogen (secondary N) is 2. The molecule has 1 saturated heterocycles. The molecule has 1 atom stereocenters. The van der Waals surface area contributed by atoms with E-state index in [1.165, 1.54) is 11.1 Å². The van der Waals surface area contributed by atoms with E-state index in [4.69, 9.17) is 4.74 Å². The second-order valence-corrected chi connectivity index (χ2v) is 12.6. The molecule has 2 aliphatic rings. The van der Waals surface area contributed by atoms with E-state index in [1.54, 1.807) is 23.5 Å². The van der Waals surface area contributed by atoms with E-state index in [1.807, 2.05) is 76.2 Å². The van der Waals surface area contributed by atoms with Crippen LogP contribution in [0.3, 0.4) is 0 Å². The van der Waals surface area contributed by atoms with Gasteiger partial charge in [0.2, 0.25) is 5.95 Å². The van der Waals surface area contributed by atoms with Crippen LogP contribution in [0.1, 0.15) is 60.3 Å². The highest BCUT2D eigenvalue weighted by Gasteiger charge is 2.33. The highest BCUT2D eigenvalue weighted by atomic mass is 16.6. The summed E-state index contributed by atoms with van der Waals surface area (Å²) in [7, 11) is 0. The number of anilines is 3. The van der Waals surface area contributed by atoms with Crippen LogP contribution in [-0.2, 0) is 11.2 Å². The minimum Gasteiger partial charge on any atom is -0.444 e. The van der Waals surface area contributed by atoms with Crippen molar-refractivity contribution in [2.45, 2.75) is 52.2 Å². The van der Waals surface area contributed by atoms with Crippen molar-refractivity contribution >= 4 is 29.3 Å². The Labute approximate surface area is 263 Å². The molecule has 1 aliphatic carbocycles. The third kappa shape index (κ3) is 7.12. The van der Waals surface area contributed by atoms with Gasteiger partial charge in [0.1, 0.15) is 5.60 Å². The molecule has 10 heteroatoms. The van der Waals surface area contributed by atoms with Crippen LogP contribution in [0.25, 0.3) is 11.3 Å². The predicted molar refractivity (Wildman–Crippen MR) is 175 cm³/mol. The molecule has 2 N–H and O–H groups in total. The van der Waals surface area contributed by atoms with Crippen LogP contribution in [-0.4, -0.2) is 68.5 Å². The number of benzene rings is 2. The highest BCUT2D eigenvalue weighted by molar-refractivity contribution is 6.04. The molecule has 4 aromatic rings. The summed E-state index contributed by atoms with van der Waals surface area (Å²) in [6, 6.07) is 17.7. The Hall–Kier alpha value is -4.83. The number of piperazine rings is 1. The number of nitrogens with zero attached hydrogens (tertiary/aromatic N) is 5. The number of hydrogen-bond donors (Lipinski definition) is 2. The van der Waals surface area contributed by atoms with Gasteiger partial charge in [-0.2, -0.15) is 0 Å². The molecule has 10 nitrogen and oxygen atoms in total. The third-order valence-corrected chi connectivity index (χ3v) is 8.21. The first-order chi connectivity index (χ1) is 21.6. The van der Waals surface area contributed by atoms with Gasteiger partial charge < -0.3 is 20.3 Å². The summed E-state index contributed by atoms with van der Waals surface area (Å²) in [5.41, 5.74) is 6.77. The normalized spacial score (nSPS) is 16.6. The maximum Gasteiger partial charge on any atom is 0.410 e. The lowest BCUT2D eigenvalue weighted by atomic mass is 10.0. The van der Waals surface area contributed by atoms with Crippen LogP contribution in [0.15, 0.2) is 73.2 Å². The van der Waals surface area contributed by atoms with Crippen molar-refractivity contribution in [3.05, 3.63) is 95.4 Å². The fourth-order valence-electron chi connectivity index (χ4n) is 5.91. The van der Waals surface area contributed by atoms with Gasteiger partial charge in [-0.15, -0.1) is 0 Å². The zero-order valence-electron chi connectivity index (χ0n) is 26.2. The van der Waals surface area contributed by atoms with Crippen LogP contribution in [0.2, 0.25) is 0 Å². The number of aryl methyl sites for hydroxylation is 2. The Bertz CT molecular complexity index is 1700. The van der Waals surface area contributed by atoms with Crippen molar-refractivity contribution in [2.24, 2.45) is 0 Å². The average molecular weight is 606 g/mol. The zero-order chi connectivity index (χ0) is 31.6. The average Bonchev–Trinajstić information content (AvgIpc) is 3.46. The lowest BCUT2D eigenvalue weighted by molar-refractivity contribution is 0.0103. The van der Waals surface area contributed by atoms with Crippen molar-refractivity contribution < 1.29 is 14.3 Å². The molecular formula is C35H39N7O3. The Morgan fingerprint density at radius 1 is 0.978 bits per heavy atom. The van der Waals surface area contributed by atoms with Crippen molar-refractivity contribution in [3.63, 3.8) is 0 Å². The Morgan fingerprint density at radius 3 is 2.56 bits per heavy atom. The standard InChI is InChI=1S/C35H39N7O3/c1-23-7-10-27(21-30(23)40-33-37-15-13-29(39-33)26-6-5-14-36-22-26)38-32(43)25-8-11-28-24(20-25)9-12-31(28)41-16-18-42(19-17-41)34(44)45-35(2,3)4/h5-8,10-11,13-15,20-22,31H,9,12,16-19H2,1-4H3,(H,38,43)(H,37,39,40). The molecular weight excluding hydrogens is 566 g/mol. The highest BCUT2D eigenvalue weighted by Crippen LogP contribution is 2.37. The molecule has 1 fully saturated rings. The minimum absolute atomic E-state index is 0.156. The van der Waals surface area contributed by atoms with Crippen LogP contribution in [0.5, 0.6) is 0 Å². The number of carbonyl (C=O) groups is 2. The quantitative estimate of drug-likeness (QED) is 0.260. The van der Waals surface area contributed by atoms with Gasteiger partial charge in [0.25, 0.3) is 5.91 Å². The Morgan fingerprint density at radius 2 is 1.80 bits per heavy atom. The van der Waals surface area contributed by atoms with E-state index in [2.05, 4.69) is 36.6 Å². The van der Waals surface area contributed by atoms with Crippen LogP contribution < -0.4 is 10.6 Å². The maximum absolute atomic E-state index is 13.3. The van der Waals surface area contributed by atoms with E-state index >= 15 is 0 Å². The van der Waals surface area contributed by atoms with Crippen LogP contribution in [0, 0.1) is 6.92 Å². The first-order valence-electron chi connectivity index (χ1n) is 15.4. The Kier molecular flexibility index (Phi) is 8.49. The van der Waals surface area contributed by atoms with E-state index in [-0.39, 0.29) is 12.0 Å². The van der Waals surface area contributed by atoms with Gasteiger partial charge in [-0.05, 0) is 99.7 Å². The summed E-state index contributed by atoms with van der Waals surface area (Å²) in [6.07, 6.45) is 6.88. The molecule has 2 aromatic heterocycles. The molecule has 0 bridgehead atoms. The molecule has 0 saturated carbocycles. The summed E-state index contributed by atoms with van der Waals surface area (Å²) in [5, 5.41) is 6.36. The summed E-state index contributed by atoms with van der Waals surface area (Å²) in [4.78, 5) is 43.3. The molecule has 1 unspecified atom stereocenters. The van der Waals surface area contributed by atoms with Crippen molar-refractivity contribution in [1.82, 2.24) is 24.8 Å². The zero-order valence-corrected chi connectivity index (χ0v) is 26.2. The number of amides is 2. The molecule has 0 radical (unpaired) electrons.